The number of anilines is 2. The molecule has 1 aliphatic rings. The third-order valence-electron chi connectivity index (χ3n) is 17.4. The Labute approximate surface area is 539 Å². The van der Waals surface area contributed by atoms with E-state index in [0.717, 1.165) is 103 Å². The Bertz CT molecular complexity index is 3030. The number of aryl methyl sites for hydroxylation is 4. The van der Waals surface area contributed by atoms with Crippen LogP contribution in [0.5, 0.6) is 0 Å². The van der Waals surface area contributed by atoms with Crippen LogP contribution in [0.25, 0.3) is 33.4 Å². The highest BCUT2D eigenvalue weighted by molar-refractivity contribution is 7.99. The SMILES string of the molecule is C=C(C)C(=C)c1ccccc1NC.C=C(Nc1nnc(CCc2ccc(C)cc2)s1)c1cc(-c2ccccc2)nc2ccccc12.CC.CC.CCNCCc1c(CCC[N+](CC)(CC)CC)cccc1CC[N+](CC)(CC)CC.CSC(C)C1CC1. The lowest BCUT2D eigenvalue weighted by atomic mass is 9.93. The molecule has 8 rings (SSSR count). The standard InChI is InChI=1S/C28H24N4S.C27H53N3.C12H15N.C6H12S.2C2H6/c1-19-12-14-21(15-13-19)16-17-27-31-32-28(33-27)29-20(2)24-18-26(22-8-4-3-5-9-22)30-25-11-7-6-10-23(24)25;1-8-28-22-20-27-25(19-16-23-29(9-2,10-3)11-4)17-15-18-26(27)21-24-30(12-5,13-6)14-7;1-9(2)10(3)11-7-5-6-8-12(11)13-4;1-5(7-2)6-3-4-6;2*1-2/h3-15,18H,2,16-17H2,1H3,(H,29,32);15,17-18,28H,8-14,16,19-24H2,1-7H3;5-8,13H,1,3H2,2,4H3;5-6H,3-4H2,1-2H3;2*1-2H3/q;+2;;;;. The predicted molar refractivity (Wildman–Crippen MR) is 391 cm³/mol. The number of allylic oxidation sites excluding steroid dienone is 2. The average Bonchev–Trinajstić information content (AvgIpc) is 3.78. The van der Waals surface area contributed by atoms with Gasteiger partial charge in [-0.05, 0) is 159 Å². The molecular formula is C77H116N8S2+2. The molecule has 10 heteroatoms. The first-order chi connectivity index (χ1) is 42.1. The van der Waals surface area contributed by atoms with Gasteiger partial charge in [0.15, 0.2) is 0 Å². The zero-order valence-electron chi connectivity index (χ0n) is 57.2. The summed E-state index contributed by atoms with van der Waals surface area (Å²) in [4.78, 5) is 4.86. The molecule has 0 amide bonds. The molecule has 3 N–H and O–H groups in total. The van der Waals surface area contributed by atoms with Crippen molar-refractivity contribution in [3.05, 3.63) is 197 Å². The Kier molecular flexibility index (Phi) is 35.8. The van der Waals surface area contributed by atoms with Crippen molar-refractivity contribution in [2.75, 3.05) is 89.4 Å². The van der Waals surface area contributed by atoms with Gasteiger partial charge in [-0.3, -0.25) is 0 Å². The van der Waals surface area contributed by atoms with Gasteiger partial charge in [0, 0.05) is 65.0 Å². The third-order valence-corrected chi connectivity index (χ3v) is 19.4. The van der Waals surface area contributed by atoms with Crippen molar-refractivity contribution < 1.29 is 8.97 Å². The molecular weight excluding hydrogens is 1100 g/mol. The summed E-state index contributed by atoms with van der Waals surface area (Å²) in [6, 6.07) is 44.3. The first-order valence-electron chi connectivity index (χ1n) is 33.1. The van der Waals surface area contributed by atoms with Gasteiger partial charge in [-0.1, -0.05) is 193 Å². The molecule has 1 saturated carbocycles. The van der Waals surface area contributed by atoms with Gasteiger partial charge in [-0.15, -0.1) is 10.2 Å². The summed E-state index contributed by atoms with van der Waals surface area (Å²) in [6.07, 6.45) is 11.9. The van der Waals surface area contributed by atoms with Crippen LogP contribution in [0.15, 0.2) is 153 Å². The monoisotopic (exact) mass is 1220 g/mol. The molecule has 0 bridgehead atoms. The Morgan fingerprint density at radius 1 is 0.655 bits per heavy atom. The van der Waals surface area contributed by atoms with E-state index in [1.54, 1.807) is 28.0 Å². The number of aromatic nitrogens is 3. The van der Waals surface area contributed by atoms with Gasteiger partial charge in [0.1, 0.15) is 5.01 Å². The molecule has 1 aliphatic carbocycles. The molecule has 0 aliphatic heterocycles. The largest absolute Gasteiger partial charge is 0.388 e. The summed E-state index contributed by atoms with van der Waals surface area (Å²) >= 11 is 3.57. The Morgan fingerprint density at radius 3 is 1.82 bits per heavy atom. The van der Waals surface area contributed by atoms with Gasteiger partial charge in [-0.25, -0.2) is 4.98 Å². The number of pyridine rings is 1. The number of nitrogens with one attached hydrogen (secondary N) is 3. The lowest BCUT2D eigenvalue weighted by Gasteiger charge is -2.36. The van der Waals surface area contributed by atoms with Crippen LogP contribution in [0, 0.1) is 12.8 Å². The number of benzene rings is 5. The maximum Gasteiger partial charge on any atom is 0.210 e. The molecule has 2 heterocycles. The van der Waals surface area contributed by atoms with Crippen LogP contribution in [-0.4, -0.2) is 108 Å². The lowest BCUT2D eigenvalue weighted by molar-refractivity contribution is -0.923. The summed E-state index contributed by atoms with van der Waals surface area (Å²) < 4.78 is 2.50. The number of hydrogen-bond acceptors (Lipinski definition) is 8. The minimum Gasteiger partial charge on any atom is -0.388 e. The van der Waals surface area contributed by atoms with E-state index in [4.69, 9.17) is 4.98 Å². The fourth-order valence-electron chi connectivity index (χ4n) is 10.9. The molecule has 0 radical (unpaired) electrons. The van der Waals surface area contributed by atoms with Gasteiger partial charge in [0.05, 0.1) is 63.6 Å². The fraction of sp³-hybridized carbons (Fsp3) is 0.468. The number of fused-ring (bicyclic) bond motifs is 1. The van der Waals surface area contributed by atoms with Crippen molar-refractivity contribution in [1.82, 2.24) is 20.5 Å². The highest BCUT2D eigenvalue weighted by atomic mass is 32.2. The number of quaternary nitrogens is 2. The lowest BCUT2D eigenvalue weighted by Crippen LogP contribution is -2.48. The van der Waals surface area contributed by atoms with Gasteiger partial charge in [0.2, 0.25) is 5.13 Å². The van der Waals surface area contributed by atoms with Crippen molar-refractivity contribution in [3.63, 3.8) is 0 Å². The summed E-state index contributed by atoms with van der Waals surface area (Å²) in [6.45, 7) is 55.1. The van der Waals surface area contributed by atoms with Crippen LogP contribution in [0.1, 0.15) is 153 Å². The summed E-state index contributed by atoms with van der Waals surface area (Å²) in [5.74, 6) is 1.08. The second kappa shape index (κ2) is 41.4. The van der Waals surface area contributed by atoms with E-state index in [0.29, 0.717) is 0 Å². The fourth-order valence-corrected chi connectivity index (χ4v) is 12.3. The molecule has 0 saturated heterocycles. The Balaban J connectivity index is 0.000000333. The quantitative estimate of drug-likeness (QED) is 0.0245. The van der Waals surface area contributed by atoms with Gasteiger partial charge >= 0.3 is 0 Å². The van der Waals surface area contributed by atoms with Crippen molar-refractivity contribution in [3.8, 4) is 11.3 Å². The van der Waals surface area contributed by atoms with E-state index in [1.165, 1.54) is 111 Å². The number of nitrogens with zero attached hydrogens (tertiary/aromatic N) is 5. The highest BCUT2D eigenvalue weighted by Gasteiger charge is 2.27. The van der Waals surface area contributed by atoms with Crippen LogP contribution in [0.4, 0.5) is 10.8 Å². The molecule has 1 atom stereocenters. The van der Waals surface area contributed by atoms with Gasteiger partial charge in [-0.2, -0.15) is 11.8 Å². The van der Waals surface area contributed by atoms with E-state index >= 15 is 0 Å². The second-order valence-corrected chi connectivity index (χ2v) is 24.7. The number of hydrogen-bond donors (Lipinski definition) is 3. The molecule has 1 fully saturated rings. The van der Waals surface area contributed by atoms with Crippen LogP contribution in [0.2, 0.25) is 0 Å². The van der Waals surface area contributed by atoms with Gasteiger partial charge in [0.25, 0.3) is 0 Å². The summed E-state index contributed by atoms with van der Waals surface area (Å²) in [7, 11) is 1.91. The predicted octanol–water partition coefficient (Wildman–Crippen LogP) is 19.5. The highest BCUT2D eigenvalue weighted by Crippen LogP contribution is 2.37. The molecule has 5 aromatic carbocycles. The first kappa shape index (κ1) is 75.4. The van der Waals surface area contributed by atoms with Gasteiger partial charge < -0.3 is 24.9 Å². The van der Waals surface area contributed by atoms with Crippen LogP contribution >= 0.6 is 23.1 Å². The molecule has 7 aromatic rings. The maximum atomic E-state index is 4.86. The molecule has 0 spiro atoms. The zero-order valence-corrected chi connectivity index (χ0v) is 58.8. The Hall–Kier alpha value is -5.88. The molecule has 474 valence electrons. The summed E-state index contributed by atoms with van der Waals surface area (Å²) in [5.41, 5.74) is 16.4. The van der Waals surface area contributed by atoms with E-state index in [9.17, 15) is 0 Å². The molecule has 1 unspecified atom stereocenters. The number of rotatable bonds is 29. The number of likely N-dealkylation sites (N-methyl/N-ethyl adjacent to an activating group) is 2. The normalized spacial score (nSPS) is 12.0. The topological polar surface area (TPSA) is 74.8 Å². The van der Waals surface area contributed by atoms with Crippen molar-refractivity contribution >= 4 is 56.1 Å². The minimum absolute atomic E-state index is 0.751. The van der Waals surface area contributed by atoms with Crippen molar-refractivity contribution in [2.45, 2.75) is 154 Å². The van der Waals surface area contributed by atoms with Crippen LogP contribution in [0.3, 0.4) is 0 Å². The molecule has 87 heavy (non-hydrogen) atoms. The van der Waals surface area contributed by atoms with Crippen molar-refractivity contribution in [2.24, 2.45) is 5.92 Å². The minimum atomic E-state index is 0.751. The second-order valence-electron chi connectivity index (χ2n) is 22.4. The first-order valence-corrected chi connectivity index (χ1v) is 35.2. The van der Waals surface area contributed by atoms with E-state index in [1.807, 2.05) is 114 Å². The summed E-state index contributed by atoms with van der Waals surface area (Å²) in [5, 5.41) is 22.5. The van der Waals surface area contributed by atoms with E-state index in [2.05, 4.69) is 181 Å². The van der Waals surface area contributed by atoms with Crippen LogP contribution < -0.4 is 16.0 Å². The van der Waals surface area contributed by atoms with Crippen molar-refractivity contribution in [1.29, 1.82) is 0 Å². The van der Waals surface area contributed by atoms with E-state index < -0.39 is 0 Å². The third kappa shape index (κ3) is 24.6. The molecule has 2 aromatic heterocycles. The number of thioether (sulfide) groups is 1. The van der Waals surface area contributed by atoms with Crippen LogP contribution in [-0.2, 0) is 32.1 Å². The Morgan fingerprint density at radius 2 is 1.24 bits per heavy atom. The number of para-hydroxylation sites is 2. The zero-order chi connectivity index (χ0) is 64.2. The molecule has 8 nitrogen and oxygen atoms in total. The smallest absolute Gasteiger partial charge is 0.210 e. The van der Waals surface area contributed by atoms with E-state index in [-0.39, 0.29) is 0 Å². The maximum absolute atomic E-state index is 4.86. The average molecular weight is 1220 g/mol.